The van der Waals surface area contributed by atoms with Gasteiger partial charge >= 0.3 is 12.0 Å². The number of carboxylic acids is 1. The van der Waals surface area contributed by atoms with Crippen LogP contribution in [0.3, 0.4) is 0 Å². The van der Waals surface area contributed by atoms with Crippen molar-refractivity contribution in [2.24, 2.45) is 5.92 Å². The summed E-state index contributed by atoms with van der Waals surface area (Å²) in [5.74, 6) is -1.69. The van der Waals surface area contributed by atoms with Gasteiger partial charge in [-0.2, -0.15) is 0 Å². The minimum atomic E-state index is -3.71. The summed E-state index contributed by atoms with van der Waals surface area (Å²) in [6.07, 6.45) is 0. The summed E-state index contributed by atoms with van der Waals surface area (Å²) in [5, 5.41) is 11.8. The van der Waals surface area contributed by atoms with Crippen molar-refractivity contribution in [1.29, 1.82) is 0 Å². The van der Waals surface area contributed by atoms with Crippen LogP contribution in [-0.4, -0.2) is 57.1 Å². The fourth-order valence-electron chi connectivity index (χ4n) is 2.05. The second-order valence-corrected chi connectivity index (χ2v) is 7.83. The zero-order chi connectivity index (χ0) is 19.2. The predicted molar refractivity (Wildman–Crippen MR) is 94.2 cm³/mol. The number of nitrogens with one attached hydrogen (secondary N) is 2. The summed E-state index contributed by atoms with van der Waals surface area (Å²) in [6, 6.07) is 3.98. The van der Waals surface area contributed by atoms with E-state index in [0.717, 1.165) is 0 Å². The Kier molecular flexibility index (Phi) is 7.65. The second-order valence-electron chi connectivity index (χ2n) is 5.66. The quantitative estimate of drug-likeness (QED) is 0.577. The number of halogens is 1. The molecule has 0 aliphatic heterocycles. The summed E-state index contributed by atoms with van der Waals surface area (Å²) in [6.45, 7) is 3.25. The number of urea groups is 1. The first kappa shape index (κ1) is 21.2. The highest BCUT2D eigenvalue weighted by Gasteiger charge is 2.18. The van der Waals surface area contributed by atoms with Crippen molar-refractivity contribution < 1.29 is 23.1 Å². The van der Waals surface area contributed by atoms with E-state index in [2.05, 4.69) is 10.0 Å². The summed E-state index contributed by atoms with van der Waals surface area (Å²) >= 11 is 5.81. The minimum Gasteiger partial charge on any atom is -0.481 e. The average Bonchev–Trinajstić information content (AvgIpc) is 2.50. The van der Waals surface area contributed by atoms with Crippen molar-refractivity contribution in [1.82, 2.24) is 14.9 Å². The molecule has 0 fully saturated rings. The molecule has 0 spiro atoms. The van der Waals surface area contributed by atoms with Gasteiger partial charge < -0.3 is 15.3 Å². The molecule has 0 aliphatic carbocycles. The van der Waals surface area contributed by atoms with Crippen LogP contribution in [0.4, 0.5) is 4.79 Å². The number of hydrogen-bond acceptors (Lipinski definition) is 4. The molecule has 0 saturated heterocycles. The lowest BCUT2D eigenvalue weighted by Gasteiger charge is -2.20. The Bertz CT molecular complexity index is 739. The molecule has 1 rings (SSSR count). The largest absolute Gasteiger partial charge is 0.481 e. The Morgan fingerprint density at radius 2 is 1.96 bits per heavy atom. The lowest BCUT2D eigenvalue weighted by atomic mass is 10.2. The minimum absolute atomic E-state index is 0.00152. The molecule has 25 heavy (non-hydrogen) atoms. The molecule has 8 nitrogen and oxygen atoms in total. The number of sulfonamides is 1. The molecule has 0 saturated carbocycles. The van der Waals surface area contributed by atoms with Crippen LogP contribution in [-0.2, 0) is 14.8 Å². The molecular weight excluding hydrogens is 370 g/mol. The Hall–Kier alpha value is -1.84. The number of nitrogens with zero attached hydrogens (tertiary/aromatic N) is 1. The third-order valence-electron chi connectivity index (χ3n) is 3.44. The molecule has 0 heterocycles. The van der Waals surface area contributed by atoms with Gasteiger partial charge in [0.15, 0.2) is 0 Å². The molecule has 1 unspecified atom stereocenters. The standard InChI is InChI=1S/C15H22ClN3O5S/c1-10-8-12(16)4-5-13(10)25(23,24)18-7-6-17-15(22)19(3)9-11(2)14(20)21/h4-5,8,11,18H,6-7,9H2,1-3H3,(H,17,22)(H,20,21). The highest BCUT2D eigenvalue weighted by atomic mass is 35.5. The zero-order valence-electron chi connectivity index (χ0n) is 14.2. The van der Waals surface area contributed by atoms with Crippen LogP contribution in [0.2, 0.25) is 5.02 Å². The van der Waals surface area contributed by atoms with Crippen molar-refractivity contribution in [3.8, 4) is 0 Å². The molecule has 10 heteroatoms. The molecule has 3 N–H and O–H groups in total. The van der Waals surface area contributed by atoms with E-state index in [1.54, 1.807) is 13.0 Å². The fourth-order valence-corrected chi connectivity index (χ4v) is 3.54. The highest BCUT2D eigenvalue weighted by Crippen LogP contribution is 2.19. The third kappa shape index (κ3) is 6.52. The topological polar surface area (TPSA) is 116 Å². The molecule has 1 atom stereocenters. The van der Waals surface area contributed by atoms with Crippen LogP contribution >= 0.6 is 11.6 Å². The van der Waals surface area contributed by atoms with E-state index < -0.39 is 27.9 Å². The first-order chi connectivity index (χ1) is 11.5. The number of hydrogen-bond donors (Lipinski definition) is 3. The van der Waals surface area contributed by atoms with Crippen molar-refractivity contribution in [3.63, 3.8) is 0 Å². The van der Waals surface area contributed by atoms with Gasteiger partial charge in [0.25, 0.3) is 0 Å². The maximum atomic E-state index is 12.2. The first-order valence-corrected chi connectivity index (χ1v) is 9.38. The van der Waals surface area contributed by atoms with Gasteiger partial charge in [-0.15, -0.1) is 0 Å². The van der Waals surface area contributed by atoms with Crippen molar-refractivity contribution in [2.75, 3.05) is 26.7 Å². The number of carbonyl (C=O) groups is 2. The van der Waals surface area contributed by atoms with E-state index in [-0.39, 0.29) is 24.5 Å². The summed E-state index contributed by atoms with van der Waals surface area (Å²) in [7, 11) is -2.24. The van der Waals surface area contributed by atoms with Crippen LogP contribution < -0.4 is 10.0 Å². The lowest BCUT2D eigenvalue weighted by Crippen LogP contribution is -2.43. The molecule has 0 bridgehead atoms. The van der Waals surface area contributed by atoms with E-state index in [1.807, 2.05) is 0 Å². The number of rotatable bonds is 8. The van der Waals surface area contributed by atoms with E-state index in [4.69, 9.17) is 16.7 Å². The van der Waals surface area contributed by atoms with Crippen LogP contribution in [0.5, 0.6) is 0 Å². The van der Waals surface area contributed by atoms with E-state index in [0.29, 0.717) is 10.6 Å². The van der Waals surface area contributed by atoms with Gasteiger partial charge in [-0.25, -0.2) is 17.9 Å². The van der Waals surface area contributed by atoms with Crippen LogP contribution in [0.25, 0.3) is 0 Å². The Morgan fingerprint density at radius 3 is 2.52 bits per heavy atom. The number of carboxylic acid groups (broad SMARTS) is 1. The molecule has 0 aromatic heterocycles. The van der Waals surface area contributed by atoms with Crippen LogP contribution in [0.15, 0.2) is 23.1 Å². The molecule has 1 aromatic rings. The van der Waals surface area contributed by atoms with Crippen molar-refractivity contribution >= 4 is 33.6 Å². The molecule has 0 aliphatic rings. The number of aryl methyl sites for hydroxylation is 1. The molecule has 140 valence electrons. The van der Waals surface area contributed by atoms with Crippen molar-refractivity contribution in [3.05, 3.63) is 28.8 Å². The molecule has 2 amide bonds. The van der Waals surface area contributed by atoms with Gasteiger partial charge in [0.1, 0.15) is 0 Å². The summed E-state index contributed by atoms with van der Waals surface area (Å²) < 4.78 is 26.8. The van der Waals surface area contributed by atoms with Crippen LogP contribution in [0.1, 0.15) is 12.5 Å². The SMILES string of the molecule is Cc1cc(Cl)ccc1S(=O)(=O)NCCNC(=O)N(C)CC(C)C(=O)O. The zero-order valence-corrected chi connectivity index (χ0v) is 15.8. The average molecular weight is 392 g/mol. The van der Waals surface area contributed by atoms with Gasteiger partial charge in [-0.1, -0.05) is 18.5 Å². The van der Waals surface area contributed by atoms with Gasteiger partial charge in [-0.3, -0.25) is 4.79 Å². The Labute approximate surface area is 152 Å². The predicted octanol–water partition coefficient (Wildman–Crippen LogP) is 1.29. The summed E-state index contributed by atoms with van der Waals surface area (Å²) in [5.41, 5.74) is 0.520. The van der Waals surface area contributed by atoms with Crippen LogP contribution in [0, 0.1) is 12.8 Å². The van der Waals surface area contributed by atoms with E-state index in [1.165, 1.54) is 31.0 Å². The van der Waals surface area contributed by atoms with Gasteiger partial charge in [0.2, 0.25) is 10.0 Å². The molecule has 0 radical (unpaired) electrons. The van der Waals surface area contributed by atoms with E-state index >= 15 is 0 Å². The number of carbonyl (C=O) groups excluding carboxylic acids is 1. The lowest BCUT2D eigenvalue weighted by molar-refractivity contribution is -0.141. The maximum absolute atomic E-state index is 12.2. The Morgan fingerprint density at radius 1 is 1.32 bits per heavy atom. The molecular formula is C15H22ClN3O5S. The molecule has 1 aromatic carbocycles. The number of amides is 2. The number of benzene rings is 1. The smallest absolute Gasteiger partial charge is 0.317 e. The third-order valence-corrected chi connectivity index (χ3v) is 5.29. The fraction of sp³-hybridized carbons (Fsp3) is 0.467. The summed E-state index contributed by atoms with van der Waals surface area (Å²) in [4.78, 5) is 23.9. The first-order valence-electron chi connectivity index (χ1n) is 7.52. The van der Waals surface area contributed by atoms with Crippen molar-refractivity contribution in [2.45, 2.75) is 18.7 Å². The van der Waals surface area contributed by atoms with Gasteiger partial charge in [-0.05, 0) is 30.7 Å². The highest BCUT2D eigenvalue weighted by molar-refractivity contribution is 7.89. The van der Waals surface area contributed by atoms with Gasteiger partial charge in [0, 0.05) is 31.7 Å². The van der Waals surface area contributed by atoms with Gasteiger partial charge in [0.05, 0.1) is 10.8 Å². The monoisotopic (exact) mass is 391 g/mol. The maximum Gasteiger partial charge on any atom is 0.317 e. The Balaban J connectivity index is 2.49. The second kappa shape index (κ2) is 9.02. The number of aliphatic carboxylic acids is 1. The van der Waals surface area contributed by atoms with E-state index in [9.17, 15) is 18.0 Å². The normalized spacial score (nSPS) is 12.5.